The summed E-state index contributed by atoms with van der Waals surface area (Å²) >= 11 is 8.78. The summed E-state index contributed by atoms with van der Waals surface area (Å²) in [6.45, 7) is 4.72. The number of nitrogens with zero attached hydrogens (tertiary/aromatic N) is 2. The van der Waals surface area contributed by atoms with E-state index in [-0.39, 0.29) is 0 Å². The van der Waals surface area contributed by atoms with Gasteiger partial charge in [-0.15, -0.1) is 0 Å². The molecule has 24 heavy (non-hydrogen) atoms. The van der Waals surface area contributed by atoms with Gasteiger partial charge in [-0.25, -0.2) is 4.68 Å². The van der Waals surface area contributed by atoms with E-state index in [4.69, 9.17) is 16.6 Å². The molecule has 3 rings (SSSR count). The second kappa shape index (κ2) is 7.36. The number of H-pyrrole nitrogens is 1. The molecule has 0 aliphatic carbocycles. The molecule has 0 bridgehead atoms. The summed E-state index contributed by atoms with van der Waals surface area (Å²) < 4.78 is 9.42. The molecule has 5 nitrogen and oxygen atoms in total. The second-order valence-corrected chi connectivity index (χ2v) is 6.84. The van der Waals surface area contributed by atoms with E-state index in [0.717, 1.165) is 40.2 Å². The van der Waals surface area contributed by atoms with Crippen molar-refractivity contribution in [3.8, 4) is 11.3 Å². The number of benzene rings is 1. The summed E-state index contributed by atoms with van der Waals surface area (Å²) in [5.41, 5.74) is 5.51. The van der Waals surface area contributed by atoms with Crippen LogP contribution >= 0.6 is 28.1 Å². The standard InChI is InChI=1S/C17H19BrN4OS/c1-3-4-16-20-21-17(24)22(16)19-10-13-6-8-15(23-13)12-5-7-14(18)11(2)9-12/h5-9,19H,3-4,10H2,1-2H3,(H,21,24). The van der Waals surface area contributed by atoms with Crippen LogP contribution in [0, 0.1) is 11.7 Å². The van der Waals surface area contributed by atoms with Crippen LogP contribution in [0.4, 0.5) is 0 Å². The van der Waals surface area contributed by atoms with Crippen LogP contribution in [0.5, 0.6) is 0 Å². The van der Waals surface area contributed by atoms with Gasteiger partial charge < -0.3 is 9.84 Å². The molecule has 126 valence electrons. The smallest absolute Gasteiger partial charge is 0.214 e. The summed E-state index contributed by atoms with van der Waals surface area (Å²) in [6, 6.07) is 10.1. The summed E-state index contributed by atoms with van der Waals surface area (Å²) in [5.74, 6) is 2.60. The summed E-state index contributed by atoms with van der Waals surface area (Å²) in [7, 11) is 0. The molecule has 0 unspecified atom stereocenters. The summed E-state index contributed by atoms with van der Waals surface area (Å²) in [6.07, 6.45) is 1.87. The van der Waals surface area contributed by atoms with Crippen molar-refractivity contribution in [1.82, 2.24) is 14.9 Å². The van der Waals surface area contributed by atoms with Crippen molar-refractivity contribution < 1.29 is 4.42 Å². The van der Waals surface area contributed by atoms with E-state index in [9.17, 15) is 0 Å². The highest BCUT2D eigenvalue weighted by atomic mass is 79.9. The third-order valence-electron chi connectivity index (χ3n) is 3.73. The molecule has 0 saturated heterocycles. The van der Waals surface area contributed by atoms with Crippen LogP contribution in [0.3, 0.4) is 0 Å². The average Bonchev–Trinajstić information content (AvgIpc) is 3.16. The zero-order chi connectivity index (χ0) is 17.1. The van der Waals surface area contributed by atoms with Crippen molar-refractivity contribution in [3.05, 3.63) is 56.7 Å². The van der Waals surface area contributed by atoms with E-state index in [1.165, 1.54) is 5.56 Å². The lowest BCUT2D eigenvalue weighted by atomic mass is 10.1. The van der Waals surface area contributed by atoms with Crippen LogP contribution in [-0.4, -0.2) is 14.9 Å². The molecule has 0 saturated carbocycles. The van der Waals surface area contributed by atoms with E-state index in [1.807, 2.05) is 28.9 Å². The zero-order valence-electron chi connectivity index (χ0n) is 13.6. The molecule has 2 aromatic heterocycles. The predicted molar refractivity (Wildman–Crippen MR) is 101 cm³/mol. The van der Waals surface area contributed by atoms with E-state index in [0.29, 0.717) is 11.3 Å². The van der Waals surface area contributed by atoms with E-state index < -0.39 is 0 Å². The van der Waals surface area contributed by atoms with Crippen molar-refractivity contribution in [2.75, 3.05) is 5.43 Å². The van der Waals surface area contributed by atoms with Crippen molar-refractivity contribution in [2.45, 2.75) is 33.2 Å². The lowest BCUT2D eigenvalue weighted by Crippen LogP contribution is -2.17. The van der Waals surface area contributed by atoms with Gasteiger partial charge in [0.25, 0.3) is 0 Å². The fourth-order valence-corrected chi connectivity index (χ4v) is 2.93. The fraction of sp³-hybridized carbons (Fsp3) is 0.294. The highest BCUT2D eigenvalue weighted by Crippen LogP contribution is 2.26. The van der Waals surface area contributed by atoms with Gasteiger partial charge >= 0.3 is 0 Å². The minimum atomic E-state index is 0.542. The SMILES string of the molecule is CCCc1n[nH]c(=S)n1NCc1ccc(-c2ccc(Br)c(C)c2)o1. The second-order valence-electron chi connectivity index (χ2n) is 5.60. The molecular weight excluding hydrogens is 388 g/mol. The van der Waals surface area contributed by atoms with Gasteiger partial charge in [-0.2, -0.15) is 5.10 Å². The van der Waals surface area contributed by atoms with Gasteiger partial charge in [0.2, 0.25) is 4.77 Å². The first kappa shape index (κ1) is 17.0. The molecule has 7 heteroatoms. The van der Waals surface area contributed by atoms with Crippen molar-refractivity contribution >= 4 is 28.1 Å². The van der Waals surface area contributed by atoms with Gasteiger partial charge in [-0.3, -0.25) is 5.10 Å². The Morgan fingerprint density at radius 2 is 2.17 bits per heavy atom. The molecule has 1 aromatic carbocycles. The molecule has 3 aromatic rings. The first-order chi connectivity index (χ1) is 11.6. The number of halogens is 1. The molecule has 0 atom stereocenters. The largest absolute Gasteiger partial charge is 0.459 e. The Morgan fingerprint density at radius 3 is 2.92 bits per heavy atom. The quantitative estimate of drug-likeness (QED) is 0.567. The molecule has 0 fully saturated rings. The maximum atomic E-state index is 5.95. The fourth-order valence-electron chi connectivity index (χ4n) is 2.47. The number of aromatic amines is 1. The number of aryl methyl sites for hydroxylation is 2. The molecule has 0 aliphatic heterocycles. The van der Waals surface area contributed by atoms with Gasteiger partial charge in [-0.05, 0) is 55.4 Å². The number of rotatable bonds is 6. The van der Waals surface area contributed by atoms with Crippen molar-refractivity contribution in [3.63, 3.8) is 0 Å². The minimum Gasteiger partial charge on any atom is -0.459 e. The van der Waals surface area contributed by atoms with Crippen LogP contribution in [0.25, 0.3) is 11.3 Å². The van der Waals surface area contributed by atoms with Crippen LogP contribution in [0.1, 0.15) is 30.5 Å². The lowest BCUT2D eigenvalue weighted by molar-refractivity contribution is 0.520. The third kappa shape index (κ3) is 3.62. The number of furan rings is 1. The van der Waals surface area contributed by atoms with E-state index in [1.54, 1.807) is 0 Å². The molecular formula is C17H19BrN4OS. The van der Waals surface area contributed by atoms with E-state index in [2.05, 4.69) is 51.5 Å². The monoisotopic (exact) mass is 406 g/mol. The van der Waals surface area contributed by atoms with Crippen molar-refractivity contribution in [2.24, 2.45) is 0 Å². The normalized spacial score (nSPS) is 11.0. The van der Waals surface area contributed by atoms with Crippen LogP contribution in [0.15, 0.2) is 39.2 Å². The Hall–Kier alpha value is -1.86. The first-order valence-corrected chi connectivity index (χ1v) is 9.04. The van der Waals surface area contributed by atoms with Gasteiger partial charge in [0.15, 0.2) is 5.82 Å². The van der Waals surface area contributed by atoms with Crippen LogP contribution in [-0.2, 0) is 13.0 Å². The van der Waals surface area contributed by atoms with Gasteiger partial charge in [-0.1, -0.05) is 28.9 Å². The Labute approximate surface area is 154 Å². The number of nitrogens with one attached hydrogen (secondary N) is 2. The highest BCUT2D eigenvalue weighted by Gasteiger charge is 2.08. The Bertz CT molecular complexity index is 896. The predicted octanol–water partition coefficient (Wildman–Crippen LogP) is 4.97. The van der Waals surface area contributed by atoms with Crippen molar-refractivity contribution in [1.29, 1.82) is 0 Å². The van der Waals surface area contributed by atoms with Gasteiger partial charge in [0.1, 0.15) is 11.5 Å². The first-order valence-electron chi connectivity index (χ1n) is 7.84. The molecule has 0 spiro atoms. The maximum Gasteiger partial charge on any atom is 0.214 e. The Morgan fingerprint density at radius 1 is 1.33 bits per heavy atom. The average molecular weight is 407 g/mol. The Balaban J connectivity index is 1.74. The maximum absolute atomic E-state index is 5.95. The molecule has 2 heterocycles. The minimum absolute atomic E-state index is 0.542. The topological polar surface area (TPSA) is 58.8 Å². The lowest BCUT2D eigenvalue weighted by Gasteiger charge is -2.08. The highest BCUT2D eigenvalue weighted by molar-refractivity contribution is 9.10. The molecule has 2 N–H and O–H groups in total. The number of hydrogen-bond donors (Lipinski definition) is 2. The third-order valence-corrected chi connectivity index (χ3v) is 4.89. The summed E-state index contributed by atoms with van der Waals surface area (Å²) in [4.78, 5) is 0. The molecule has 0 amide bonds. The van der Waals surface area contributed by atoms with E-state index >= 15 is 0 Å². The Kier molecular flexibility index (Phi) is 5.20. The summed E-state index contributed by atoms with van der Waals surface area (Å²) in [5, 5.41) is 7.06. The van der Waals surface area contributed by atoms with Gasteiger partial charge in [0.05, 0.1) is 6.54 Å². The van der Waals surface area contributed by atoms with Gasteiger partial charge in [0, 0.05) is 16.5 Å². The molecule has 0 radical (unpaired) electrons. The van der Waals surface area contributed by atoms with Crippen LogP contribution < -0.4 is 5.43 Å². The number of hydrogen-bond acceptors (Lipinski definition) is 4. The number of aromatic nitrogens is 3. The zero-order valence-corrected chi connectivity index (χ0v) is 16.0. The van der Waals surface area contributed by atoms with Crippen LogP contribution in [0.2, 0.25) is 0 Å². The molecule has 0 aliphatic rings.